The molecular weight excluding hydrogens is 335 g/mol. The molecule has 0 atom stereocenters. The van der Waals surface area contributed by atoms with Crippen molar-refractivity contribution in [3.8, 4) is 11.4 Å². The van der Waals surface area contributed by atoms with Crippen LogP contribution in [0, 0.1) is 5.82 Å². The summed E-state index contributed by atoms with van der Waals surface area (Å²) in [7, 11) is 0. The van der Waals surface area contributed by atoms with Gasteiger partial charge in [0.25, 0.3) is 0 Å². The predicted molar refractivity (Wildman–Crippen MR) is 83.1 cm³/mol. The fraction of sp³-hybridized carbons (Fsp3) is 0.0667. The molecule has 1 aromatic heterocycles. The molecule has 3 aromatic rings. The number of hydrogen-bond acceptors (Lipinski definition) is 3. The molecule has 0 unspecified atom stereocenters. The van der Waals surface area contributed by atoms with Gasteiger partial charge in [-0.2, -0.15) is 5.10 Å². The maximum atomic E-state index is 13.3. The van der Waals surface area contributed by atoms with Crippen molar-refractivity contribution in [3.63, 3.8) is 0 Å². The Hall–Kier alpha value is -2.21. The average Bonchev–Trinajstić information content (AvgIpc) is 2.92. The van der Waals surface area contributed by atoms with Crippen LogP contribution in [0.25, 0.3) is 11.4 Å². The Kier molecular flexibility index (Phi) is 3.70. The number of anilines is 1. The van der Waals surface area contributed by atoms with Crippen LogP contribution in [0.2, 0.25) is 0 Å². The van der Waals surface area contributed by atoms with Crippen LogP contribution in [-0.2, 0) is 6.54 Å². The molecule has 21 heavy (non-hydrogen) atoms. The molecule has 6 heteroatoms. The van der Waals surface area contributed by atoms with Crippen LogP contribution in [0.1, 0.15) is 5.56 Å². The van der Waals surface area contributed by atoms with Crippen molar-refractivity contribution in [1.29, 1.82) is 0 Å². The van der Waals surface area contributed by atoms with Gasteiger partial charge in [-0.25, -0.2) is 14.1 Å². The first-order valence-corrected chi connectivity index (χ1v) is 7.10. The zero-order valence-corrected chi connectivity index (χ0v) is 12.6. The third kappa shape index (κ3) is 3.11. The average molecular weight is 347 g/mol. The van der Waals surface area contributed by atoms with Gasteiger partial charge in [0.05, 0.1) is 6.54 Å². The summed E-state index contributed by atoms with van der Waals surface area (Å²) in [4.78, 5) is 4.27. The van der Waals surface area contributed by atoms with Crippen molar-refractivity contribution >= 4 is 21.6 Å². The largest absolute Gasteiger partial charge is 0.399 e. The summed E-state index contributed by atoms with van der Waals surface area (Å²) in [5.41, 5.74) is 8.05. The molecule has 1 heterocycles. The van der Waals surface area contributed by atoms with Gasteiger partial charge in [0.1, 0.15) is 12.1 Å². The molecule has 0 saturated carbocycles. The summed E-state index contributed by atoms with van der Waals surface area (Å²) in [6.45, 7) is 0.445. The summed E-state index contributed by atoms with van der Waals surface area (Å²) in [6, 6.07) is 11.9. The smallest absolute Gasteiger partial charge is 0.181 e. The SMILES string of the molecule is Nc1ccc(-c2ncn(Cc3cc(F)ccc3Br)n2)cc1. The Morgan fingerprint density at radius 2 is 1.90 bits per heavy atom. The summed E-state index contributed by atoms with van der Waals surface area (Å²) in [5, 5.41) is 4.40. The normalized spacial score (nSPS) is 10.8. The molecule has 0 fully saturated rings. The quantitative estimate of drug-likeness (QED) is 0.738. The van der Waals surface area contributed by atoms with E-state index in [9.17, 15) is 4.39 Å². The van der Waals surface area contributed by atoms with Crippen LogP contribution < -0.4 is 5.73 Å². The zero-order valence-electron chi connectivity index (χ0n) is 11.0. The summed E-state index contributed by atoms with van der Waals surface area (Å²) in [6.07, 6.45) is 1.63. The predicted octanol–water partition coefficient (Wildman–Crippen LogP) is 3.48. The van der Waals surface area contributed by atoms with E-state index in [1.54, 1.807) is 29.2 Å². The minimum absolute atomic E-state index is 0.271. The number of nitrogen functional groups attached to an aromatic ring is 1. The van der Waals surface area contributed by atoms with Crippen LogP contribution in [0.15, 0.2) is 53.3 Å². The van der Waals surface area contributed by atoms with Gasteiger partial charge < -0.3 is 5.73 Å². The highest BCUT2D eigenvalue weighted by Gasteiger charge is 2.07. The van der Waals surface area contributed by atoms with Crippen molar-refractivity contribution in [3.05, 3.63) is 64.6 Å². The topological polar surface area (TPSA) is 56.7 Å². The van der Waals surface area contributed by atoms with Crippen LogP contribution >= 0.6 is 15.9 Å². The maximum Gasteiger partial charge on any atom is 0.181 e. The van der Waals surface area contributed by atoms with E-state index in [-0.39, 0.29) is 5.82 Å². The van der Waals surface area contributed by atoms with E-state index in [1.165, 1.54) is 12.1 Å². The number of nitrogens with zero attached hydrogens (tertiary/aromatic N) is 3. The fourth-order valence-corrected chi connectivity index (χ4v) is 2.35. The van der Waals surface area contributed by atoms with Crippen LogP contribution in [0.4, 0.5) is 10.1 Å². The van der Waals surface area contributed by atoms with E-state index in [1.807, 2.05) is 12.1 Å². The molecular formula is C15H12BrFN4. The standard InChI is InChI=1S/C15H12BrFN4/c16-14-6-3-12(17)7-11(14)8-21-9-19-15(20-21)10-1-4-13(18)5-2-10/h1-7,9H,8,18H2. The lowest BCUT2D eigenvalue weighted by atomic mass is 10.2. The molecule has 2 aromatic carbocycles. The number of hydrogen-bond donors (Lipinski definition) is 1. The molecule has 3 rings (SSSR count). The highest BCUT2D eigenvalue weighted by molar-refractivity contribution is 9.10. The van der Waals surface area contributed by atoms with Crippen molar-refractivity contribution in [2.45, 2.75) is 6.54 Å². The van der Waals surface area contributed by atoms with E-state index >= 15 is 0 Å². The van der Waals surface area contributed by atoms with Gasteiger partial charge in [0, 0.05) is 15.7 Å². The lowest BCUT2D eigenvalue weighted by molar-refractivity contribution is 0.618. The molecule has 2 N–H and O–H groups in total. The van der Waals surface area contributed by atoms with Crippen LogP contribution in [0.3, 0.4) is 0 Å². The van der Waals surface area contributed by atoms with Gasteiger partial charge in [0.2, 0.25) is 0 Å². The van der Waals surface area contributed by atoms with Crippen LogP contribution in [-0.4, -0.2) is 14.8 Å². The summed E-state index contributed by atoms with van der Waals surface area (Å²) >= 11 is 3.41. The van der Waals surface area contributed by atoms with Gasteiger partial charge in [-0.3, -0.25) is 0 Å². The third-order valence-electron chi connectivity index (χ3n) is 3.05. The monoisotopic (exact) mass is 346 g/mol. The number of rotatable bonds is 3. The second kappa shape index (κ2) is 5.65. The molecule has 0 aliphatic rings. The minimum atomic E-state index is -0.271. The maximum absolute atomic E-state index is 13.3. The number of nitrogens with two attached hydrogens (primary N) is 1. The summed E-state index contributed by atoms with van der Waals surface area (Å²) < 4.78 is 15.8. The first-order chi connectivity index (χ1) is 10.1. The highest BCUT2D eigenvalue weighted by atomic mass is 79.9. The molecule has 0 aliphatic carbocycles. The van der Waals surface area contributed by atoms with E-state index in [0.29, 0.717) is 18.1 Å². The lowest BCUT2D eigenvalue weighted by Crippen LogP contribution is -2.01. The van der Waals surface area contributed by atoms with E-state index < -0.39 is 0 Å². The molecule has 0 amide bonds. The Morgan fingerprint density at radius 3 is 2.67 bits per heavy atom. The zero-order chi connectivity index (χ0) is 14.8. The van der Waals surface area contributed by atoms with Crippen molar-refractivity contribution in [2.24, 2.45) is 0 Å². The van der Waals surface area contributed by atoms with E-state index in [4.69, 9.17) is 5.73 Å². The van der Waals surface area contributed by atoms with Crippen molar-refractivity contribution in [2.75, 3.05) is 5.73 Å². The van der Waals surface area contributed by atoms with Crippen molar-refractivity contribution in [1.82, 2.24) is 14.8 Å². The van der Waals surface area contributed by atoms with Gasteiger partial charge >= 0.3 is 0 Å². The molecule has 0 spiro atoms. The second-order valence-corrected chi connectivity index (χ2v) is 5.48. The third-order valence-corrected chi connectivity index (χ3v) is 3.82. The Labute approximate surface area is 129 Å². The number of benzene rings is 2. The molecule has 106 valence electrons. The molecule has 4 nitrogen and oxygen atoms in total. The van der Waals surface area contributed by atoms with Crippen LogP contribution in [0.5, 0.6) is 0 Å². The Bertz CT molecular complexity index is 768. The number of aromatic nitrogens is 3. The molecule has 0 radical (unpaired) electrons. The minimum Gasteiger partial charge on any atom is -0.399 e. The number of halogens is 2. The highest BCUT2D eigenvalue weighted by Crippen LogP contribution is 2.20. The van der Waals surface area contributed by atoms with E-state index in [2.05, 4.69) is 26.0 Å². The van der Waals surface area contributed by atoms with Crippen molar-refractivity contribution < 1.29 is 4.39 Å². The molecule has 0 aliphatic heterocycles. The molecule has 0 saturated heterocycles. The molecule has 0 bridgehead atoms. The Balaban J connectivity index is 1.85. The van der Waals surface area contributed by atoms with Gasteiger partial charge in [-0.05, 0) is 48.0 Å². The Morgan fingerprint density at radius 1 is 1.14 bits per heavy atom. The summed E-state index contributed by atoms with van der Waals surface area (Å²) in [5.74, 6) is 0.342. The first-order valence-electron chi connectivity index (χ1n) is 6.31. The fourth-order valence-electron chi connectivity index (χ4n) is 1.97. The lowest BCUT2D eigenvalue weighted by Gasteiger charge is -2.04. The van der Waals surface area contributed by atoms with Gasteiger partial charge in [-0.15, -0.1) is 0 Å². The van der Waals surface area contributed by atoms with Gasteiger partial charge in [0.15, 0.2) is 5.82 Å². The van der Waals surface area contributed by atoms with Gasteiger partial charge in [-0.1, -0.05) is 15.9 Å². The first kappa shape index (κ1) is 13.8. The van der Waals surface area contributed by atoms with E-state index in [0.717, 1.165) is 15.6 Å². The second-order valence-electron chi connectivity index (χ2n) is 4.62.